The topological polar surface area (TPSA) is 111 Å². The molecular formula is C24H20FN3O4. The number of nitrogens with zero attached hydrogens (tertiary/aromatic N) is 1. The van der Waals surface area contributed by atoms with Crippen LogP contribution in [0.2, 0.25) is 0 Å². The summed E-state index contributed by atoms with van der Waals surface area (Å²) in [6.45, 7) is -0.633. The number of urea groups is 1. The van der Waals surface area contributed by atoms with E-state index in [0.717, 1.165) is 29.5 Å². The van der Waals surface area contributed by atoms with Crippen LogP contribution in [-0.2, 0) is 16.0 Å². The number of carbonyl (C=O) groups excluding carboxylic acids is 3. The molecule has 1 aliphatic rings. The maximum atomic E-state index is 13.3. The van der Waals surface area contributed by atoms with Crippen LogP contribution >= 0.6 is 0 Å². The first-order valence-electron chi connectivity index (χ1n) is 10.1. The SMILES string of the molecule is NC(=O)NC(=O)COC(=O)c1c2c(nc3ccccc13)/C(=C\c1ccc(F)cc1)CCC2. The number of allylic oxidation sites excluding steroid dienone is 1. The Hall–Kier alpha value is -4.07. The summed E-state index contributed by atoms with van der Waals surface area (Å²) < 4.78 is 18.5. The molecule has 0 spiro atoms. The van der Waals surface area contributed by atoms with Crippen molar-refractivity contribution >= 4 is 40.5 Å². The lowest BCUT2D eigenvalue weighted by Crippen LogP contribution is -2.37. The van der Waals surface area contributed by atoms with Crippen LogP contribution in [0.4, 0.5) is 9.18 Å². The molecule has 162 valence electrons. The van der Waals surface area contributed by atoms with E-state index in [4.69, 9.17) is 15.5 Å². The highest BCUT2D eigenvalue weighted by Gasteiger charge is 2.26. The van der Waals surface area contributed by atoms with E-state index >= 15 is 0 Å². The lowest BCUT2D eigenvalue weighted by Gasteiger charge is -2.22. The molecule has 0 aliphatic heterocycles. The Balaban J connectivity index is 1.76. The molecule has 3 aromatic rings. The van der Waals surface area contributed by atoms with Crippen molar-refractivity contribution in [1.29, 1.82) is 0 Å². The number of primary amides is 1. The Kier molecular flexibility index (Phi) is 5.93. The Labute approximate surface area is 183 Å². The number of amides is 3. The molecule has 0 fully saturated rings. The Bertz CT molecular complexity index is 1250. The van der Waals surface area contributed by atoms with Crippen LogP contribution in [0.25, 0.3) is 22.6 Å². The number of esters is 1. The summed E-state index contributed by atoms with van der Waals surface area (Å²) in [5, 5.41) is 2.48. The summed E-state index contributed by atoms with van der Waals surface area (Å²) >= 11 is 0. The predicted octanol–water partition coefficient (Wildman–Crippen LogP) is 3.60. The fourth-order valence-corrected chi connectivity index (χ4v) is 3.85. The van der Waals surface area contributed by atoms with Gasteiger partial charge in [0.05, 0.1) is 16.8 Å². The number of nitrogens with one attached hydrogen (secondary N) is 1. The average Bonchev–Trinajstić information content (AvgIpc) is 2.77. The van der Waals surface area contributed by atoms with Gasteiger partial charge in [0.2, 0.25) is 0 Å². The molecule has 32 heavy (non-hydrogen) atoms. The van der Waals surface area contributed by atoms with Gasteiger partial charge in [-0.15, -0.1) is 0 Å². The molecule has 1 aromatic heterocycles. The van der Waals surface area contributed by atoms with Gasteiger partial charge in [0.15, 0.2) is 6.61 Å². The third kappa shape index (κ3) is 4.49. The van der Waals surface area contributed by atoms with Gasteiger partial charge in [-0.1, -0.05) is 30.3 Å². The summed E-state index contributed by atoms with van der Waals surface area (Å²) in [6.07, 6.45) is 4.11. The Morgan fingerprint density at radius 1 is 1.09 bits per heavy atom. The molecule has 2 aromatic carbocycles. The number of nitrogens with two attached hydrogens (primary N) is 1. The molecule has 0 saturated carbocycles. The van der Waals surface area contributed by atoms with E-state index in [1.807, 2.05) is 17.5 Å². The van der Waals surface area contributed by atoms with Gasteiger partial charge in [-0.05, 0) is 60.2 Å². The minimum Gasteiger partial charge on any atom is -0.452 e. The lowest BCUT2D eigenvalue weighted by atomic mass is 9.86. The molecule has 1 aliphatic carbocycles. The van der Waals surface area contributed by atoms with Crippen molar-refractivity contribution in [3.63, 3.8) is 0 Å². The summed E-state index contributed by atoms with van der Waals surface area (Å²) in [5.41, 5.74) is 9.07. The fourth-order valence-electron chi connectivity index (χ4n) is 3.85. The van der Waals surface area contributed by atoms with Crippen molar-refractivity contribution in [3.8, 4) is 0 Å². The molecule has 3 N–H and O–H groups in total. The summed E-state index contributed by atoms with van der Waals surface area (Å²) in [6, 6.07) is 12.3. The quantitative estimate of drug-likeness (QED) is 0.611. The number of ether oxygens (including phenoxy) is 1. The number of carbonyl (C=O) groups is 3. The van der Waals surface area contributed by atoms with E-state index in [9.17, 15) is 18.8 Å². The van der Waals surface area contributed by atoms with Crippen molar-refractivity contribution in [2.45, 2.75) is 19.3 Å². The minimum atomic E-state index is -1.02. The maximum absolute atomic E-state index is 13.3. The zero-order valence-corrected chi connectivity index (χ0v) is 17.1. The molecular weight excluding hydrogens is 413 g/mol. The van der Waals surface area contributed by atoms with Crippen LogP contribution in [-0.4, -0.2) is 29.5 Å². The van der Waals surface area contributed by atoms with Crippen molar-refractivity contribution in [2.75, 3.05) is 6.61 Å². The number of benzene rings is 2. The second-order valence-corrected chi connectivity index (χ2v) is 7.39. The van der Waals surface area contributed by atoms with E-state index in [2.05, 4.69) is 0 Å². The zero-order chi connectivity index (χ0) is 22.7. The van der Waals surface area contributed by atoms with Crippen molar-refractivity contribution in [3.05, 3.63) is 76.7 Å². The highest BCUT2D eigenvalue weighted by atomic mass is 19.1. The minimum absolute atomic E-state index is 0.314. The maximum Gasteiger partial charge on any atom is 0.339 e. The number of para-hydroxylation sites is 1. The molecule has 0 atom stereocenters. The number of fused-ring (bicyclic) bond motifs is 2. The molecule has 8 heteroatoms. The lowest BCUT2D eigenvalue weighted by molar-refractivity contribution is -0.123. The van der Waals surface area contributed by atoms with Gasteiger partial charge in [0.25, 0.3) is 5.91 Å². The number of rotatable bonds is 4. The molecule has 1 heterocycles. The second kappa shape index (κ2) is 8.97. The molecule has 3 amide bonds. The molecule has 0 unspecified atom stereocenters. The smallest absolute Gasteiger partial charge is 0.339 e. The third-order valence-electron chi connectivity index (χ3n) is 5.18. The number of imide groups is 1. The number of hydrogen-bond donors (Lipinski definition) is 2. The van der Waals surface area contributed by atoms with Crippen LogP contribution in [0.15, 0.2) is 48.5 Å². The van der Waals surface area contributed by atoms with Gasteiger partial charge in [-0.3, -0.25) is 10.1 Å². The van der Waals surface area contributed by atoms with Crippen LogP contribution in [0, 0.1) is 5.82 Å². The first-order valence-corrected chi connectivity index (χ1v) is 10.1. The number of pyridine rings is 1. The summed E-state index contributed by atoms with van der Waals surface area (Å²) in [4.78, 5) is 40.3. The van der Waals surface area contributed by atoms with Gasteiger partial charge >= 0.3 is 12.0 Å². The van der Waals surface area contributed by atoms with Gasteiger partial charge in [-0.2, -0.15) is 0 Å². The highest BCUT2D eigenvalue weighted by molar-refractivity contribution is 6.07. The zero-order valence-electron chi connectivity index (χ0n) is 17.1. The first kappa shape index (κ1) is 21.2. The van der Waals surface area contributed by atoms with Crippen LogP contribution in [0.5, 0.6) is 0 Å². The normalized spacial score (nSPS) is 14.1. The molecule has 0 radical (unpaired) electrons. The standard InChI is InChI=1S/C24H20FN3O4/c25-16-10-8-14(9-11-16)12-15-4-3-6-18-21(23(30)32-13-20(29)28-24(26)31)17-5-1-2-7-19(17)27-22(15)18/h1-2,5,7-12H,3-4,6,13H2,(H3,26,28,29,31)/b15-12-. The Morgan fingerprint density at radius 3 is 2.59 bits per heavy atom. The molecule has 4 rings (SSSR count). The molecule has 7 nitrogen and oxygen atoms in total. The monoisotopic (exact) mass is 433 g/mol. The van der Waals surface area contributed by atoms with Gasteiger partial charge in [0.1, 0.15) is 5.82 Å². The van der Waals surface area contributed by atoms with E-state index in [1.54, 1.807) is 30.3 Å². The van der Waals surface area contributed by atoms with Crippen LogP contribution < -0.4 is 11.1 Å². The molecule has 0 saturated heterocycles. The number of halogens is 1. The number of hydrogen-bond acceptors (Lipinski definition) is 5. The average molecular weight is 433 g/mol. The summed E-state index contributed by atoms with van der Waals surface area (Å²) in [5.74, 6) is -1.80. The number of aromatic nitrogens is 1. The van der Waals surface area contributed by atoms with Gasteiger partial charge in [0, 0.05) is 5.39 Å². The van der Waals surface area contributed by atoms with E-state index in [1.165, 1.54) is 12.1 Å². The van der Waals surface area contributed by atoms with Crippen molar-refractivity contribution in [2.24, 2.45) is 5.73 Å². The van der Waals surface area contributed by atoms with E-state index in [0.29, 0.717) is 28.6 Å². The predicted molar refractivity (Wildman–Crippen MR) is 117 cm³/mol. The van der Waals surface area contributed by atoms with Gasteiger partial charge < -0.3 is 10.5 Å². The largest absolute Gasteiger partial charge is 0.452 e. The first-order chi connectivity index (χ1) is 15.4. The highest BCUT2D eigenvalue weighted by Crippen LogP contribution is 2.36. The third-order valence-corrected chi connectivity index (χ3v) is 5.18. The van der Waals surface area contributed by atoms with Crippen molar-refractivity contribution in [1.82, 2.24) is 10.3 Å². The van der Waals surface area contributed by atoms with E-state index in [-0.39, 0.29) is 5.82 Å². The fraction of sp³-hybridized carbons (Fsp3) is 0.167. The van der Waals surface area contributed by atoms with Gasteiger partial charge in [-0.25, -0.2) is 19.0 Å². The summed E-state index contributed by atoms with van der Waals surface area (Å²) in [7, 11) is 0. The van der Waals surface area contributed by atoms with Crippen molar-refractivity contribution < 1.29 is 23.5 Å². The van der Waals surface area contributed by atoms with Crippen LogP contribution in [0.1, 0.15) is 40.0 Å². The van der Waals surface area contributed by atoms with E-state index < -0.39 is 24.5 Å². The molecule has 0 bridgehead atoms. The second-order valence-electron chi connectivity index (χ2n) is 7.39. The Morgan fingerprint density at radius 2 is 1.84 bits per heavy atom. The van der Waals surface area contributed by atoms with Crippen LogP contribution in [0.3, 0.4) is 0 Å².